The average Bonchev–Trinajstić information content (AvgIpc) is 2.92. The van der Waals surface area contributed by atoms with Crippen molar-refractivity contribution < 1.29 is 4.74 Å². The number of hydrogen-bond acceptors (Lipinski definition) is 4. The van der Waals surface area contributed by atoms with Gasteiger partial charge in [-0.3, -0.25) is 0 Å². The number of methoxy groups -OCH3 is 1. The van der Waals surface area contributed by atoms with Gasteiger partial charge in [-0.15, -0.1) is 0 Å². The predicted molar refractivity (Wildman–Crippen MR) is 88.0 cm³/mol. The summed E-state index contributed by atoms with van der Waals surface area (Å²) >= 11 is 0. The van der Waals surface area contributed by atoms with Gasteiger partial charge in [-0.05, 0) is 12.5 Å². The molecule has 0 aliphatic carbocycles. The van der Waals surface area contributed by atoms with Gasteiger partial charge >= 0.3 is 0 Å². The Kier molecular flexibility index (Phi) is 4.75. The smallest absolute Gasteiger partial charge is 0.124 e. The SMILES string of the molecule is CO[C@H](CNC[C@H]1CNc2cc(C)nn2C1)c1ccccc1. The van der Waals surface area contributed by atoms with Crippen molar-refractivity contribution in [2.24, 2.45) is 5.92 Å². The number of ether oxygens (including phenoxy) is 1. The second kappa shape index (κ2) is 6.94. The Balaban J connectivity index is 1.49. The van der Waals surface area contributed by atoms with Crippen molar-refractivity contribution in [3.63, 3.8) is 0 Å². The molecule has 1 aromatic carbocycles. The van der Waals surface area contributed by atoms with E-state index in [2.05, 4.69) is 38.6 Å². The lowest BCUT2D eigenvalue weighted by atomic mass is 10.1. The molecule has 0 radical (unpaired) electrons. The molecule has 118 valence electrons. The Bertz CT molecular complexity index is 596. The third-order valence-electron chi connectivity index (χ3n) is 4.12. The Morgan fingerprint density at radius 3 is 3.00 bits per heavy atom. The van der Waals surface area contributed by atoms with Crippen LogP contribution in [0.25, 0.3) is 0 Å². The summed E-state index contributed by atoms with van der Waals surface area (Å²) in [4.78, 5) is 0. The first kappa shape index (κ1) is 15.1. The molecule has 0 unspecified atom stereocenters. The van der Waals surface area contributed by atoms with Gasteiger partial charge in [0.25, 0.3) is 0 Å². The number of nitrogens with one attached hydrogen (secondary N) is 2. The summed E-state index contributed by atoms with van der Waals surface area (Å²) in [7, 11) is 1.76. The standard InChI is InChI=1S/C17H24N4O/c1-13-8-17-19-10-14(12-21(17)20-13)9-18-11-16(22-2)15-6-4-3-5-7-15/h3-8,14,16,18-19H,9-12H2,1-2H3/t14-,16+/m0/s1. The van der Waals surface area contributed by atoms with Gasteiger partial charge < -0.3 is 15.4 Å². The van der Waals surface area contributed by atoms with Crippen molar-refractivity contribution in [1.29, 1.82) is 0 Å². The molecule has 22 heavy (non-hydrogen) atoms. The zero-order valence-corrected chi connectivity index (χ0v) is 13.2. The monoisotopic (exact) mass is 300 g/mol. The first-order chi connectivity index (χ1) is 10.8. The van der Waals surface area contributed by atoms with Crippen LogP contribution in [0.4, 0.5) is 5.82 Å². The molecule has 0 spiro atoms. The summed E-state index contributed by atoms with van der Waals surface area (Å²) < 4.78 is 7.66. The molecule has 1 aromatic heterocycles. The molecular weight excluding hydrogens is 276 g/mol. The molecule has 2 atom stereocenters. The molecule has 0 fully saturated rings. The van der Waals surface area contributed by atoms with Crippen molar-refractivity contribution in [1.82, 2.24) is 15.1 Å². The fourth-order valence-electron chi connectivity index (χ4n) is 2.95. The Hall–Kier alpha value is -1.85. The molecule has 2 N–H and O–H groups in total. The van der Waals surface area contributed by atoms with E-state index in [1.54, 1.807) is 7.11 Å². The zero-order chi connectivity index (χ0) is 15.4. The molecule has 1 aliphatic heterocycles. The normalized spacial score (nSPS) is 18.5. The van der Waals surface area contributed by atoms with Crippen molar-refractivity contribution in [2.45, 2.75) is 19.6 Å². The Morgan fingerprint density at radius 1 is 1.41 bits per heavy atom. The van der Waals surface area contributed by atoms with Crippen molar-refractivity contribution in [3.05, 3.63) is 47.7 Å². The largest absolute Gasteiger partial charge is 0.375 e. The van der Waals surface area contributed by atoms with Gasteiger partial charge in [0.05, 0.1) is 11.8 Å². The van der Waals surface area contributed by atoms with Crippen LogP contribution in [0.15, 0.2) is 36.4 Å². The second-order valence-electron chi connectivity index (χ2n) is 5.89. The van der Waals surface area contributed by atoms with Crippen LogP contribution in [0.5, 0.6) is 0 Å². The number of fused-ring (bicyclic) bond motifs is 1. The molecule has 0 saturated heterocycles. The Morgan fingerprint density at radius 2 is 2.23 bits per heavy atom. The van der Waals surface area contributed by atoms with E-state index in [4.69, 9.17) is 4.74 Å². The molecule has 0 amide bonds. The number of nitrogens with zero attached hydrogens (tertiary/aromatic N) is 2. The van der Waals surface area contributed by atoms with Gasteiger partial charge in [0.15, 0.2) is 0 Å². The highest BCUT2D eigenvalue weighted by Gasteiger charge is 2.19. The molecule has 2 heterocycles. The number of benzene rings is 1. The maximum Gasteiger partial charge on any atom is 0.124 e. The first-order valence-electron chi connectivity index (χ1n) is 7.83. The highest BCUT2D eigenvalue weighted by Crippen LogP contribution is 2.19. The fraction of sp³-hybridized carbons (Fsp3) is 0.471. The van der Waals surface area contributed by atoms with E-state index < -0.39 is 0 Å². The van der Waals surface area contributed by atoms with Gasteiger partial charge in [0.1, 0.15) is 5.82 Å². The summed E-state index contributed by atoms with van der Waals surface area (Å²) in [6, 6.07) is 12.4. The molecule has 1 aliphatic rings. The highest BCUT2D eigenvalue weighted by molar-refractivity contribution is 5.38. The highest BCUT2D eigenvalue weighted by atomic mass is 16.5. The molecule has 5 heteroatoms. The number of hydrogen-bond donors (Lipinski definition) is 2. The van der Waals surface area contributed by atoms with E-state index >= 15 is 0 Å². The fourth-order valence-corrected chi connectivity index (χ4v) is 2.95. The third kappa shape index (κ3) is 3.48. The van der Waals surface area contributed by atoms with E-state index in [0.29, 0.717) is 5.92 Å². The van der Waals surface area contributed by atoms with Crippen LogP contribution < -0.4 is 10.6 Å². The van der Waals surface area contributed by atoms with Crippen LogP contribution in [-0.2, 0) is 11.3 Å². The minimum atomic E-state index is 0.0975. The van der Waals surface area contributed by atoms with E-state index in [0.717, 1.165) is 37.7 Å². The quantitative estimate of drug-likeness (QED) is 0.859. The number of aromatic nitrogens is 2. The predicted octanol–water partition coefficient (Wildman–Crippen LogP) is 2.21. The number of rotatable bonds is 6. The van der Waals surface area contributed by atoms with Gasteiger partial charge in [-0.2, -0.15) is 5.10 Å². The van der Waals surface area contributed by atoms with Crippen LogP contribution >= 0.6 is 0 Å². The molecule has 0 bridgehead atoms. The van der Waals surface area contributed by atoms with Gasteiger partial charge in [0.2, 0.25) is 0 Å². The number of aryl methyl sites for hydroxylation is 1. The molecule has 2 aromatic rings. The first-order valence-corrected chi connectivity index (χ1v) is 7.83. The summed E-state index contributed by atoms with van der Waals surface area (Å²) in [6.45, 7) is 5.76. The maximum absolute atomic E-state index is 5.59. The minimum absolute atomic E-state index is 0.0975. The second-order valence-corrected chi connectivity index (χ2v) is 5.89. The topological polar surface area (TPSA) is 51.1 Å². The summed E-state index contributed by atoms with van der Waals surface area (Å²) in [5.41, 5.74) is 2.28. The summed E-state index contributed by atoms with van der Waals surface area (Å²) in [5, 5.41) is 11.5. The van der Waals surface area contributed by atoms with Crippen LogP contribution in [-0.4, -0.2) is 36.5 Å². The average molecular weight is 300 g/mol. The van der Waals surface area contributed by atoms with Crippen molar-refractivity contribution in [2.75, 3.05) is 32.1 Å². The minimum Gasteiger partial charge on any atom is -0.375 e. The van der Waals surface area contributed by atoms with E-state index in [9.17, 15) is 0 Å². The lowest BCUT2D eigenvalue weighted by Gasteiger charge is -2.26. The molecule has 3 rings (SSSR count). The lowest BCUT2D eigenvalue weighted by Crippen LogP contribution is -2.36. The van der Waals surface area contributed by atoms with Crippen LogP contribution in [0, 0.1) is 12.8 Å². The summed E-state index contributed by atoms with van der Waals surface area (Å²) in [5.74, 6) is 1.67. The van der Waals surface area contributed by atoms with Crippen molar-refractivity contribution >= 4 is 5.82 Å². The third-order valence-corrected chi connectivity index (χ3v) is 4.12. The molecular formula is C17H24N4O. The Labute approximate surface area is 131 Å². The number of anilines is 1. The van der Waals surface area contributed by atoms with Crippen LogP contribution in [0.2, 0.25) is 0 Å². The summed E-state index contributed by atoms with van der Waals surface area (Å²) in [6.07, 6.45) is 0.0975. The van der Waals surface area contributed by atoms with E-state index in [1.165, 1.54) is 5.56 Å². The molecule has 0 saturated carbocycles. The van der Waals surface area contributed by atoms with E-state index in [1.807, 2.05) is 25.1 Å². The van der Waals surface area contributed by atoms with Crippen molar-refractivity contribution in [3.8, 4) is 0 Å². The zero-order valence-electron chi connectivity index (χ0n) is 13.2. The van der Waals surface area contributed by atoms with Gasteiger partial charge in [-0.25, -0.2) is 4.68 Å². The van der Waals surface area contributed by atoms with Gasteiger partial charge in [0, 0.05) is 45.3 Å². The lowest BCUT2D eigenvalue weighted by molar-refractivity contribution is 0.101. The van der Waals surface area contributed by atoms with Crippen LogP contribution in [0.3, 0.4) is 0 Å². The van der Waals surface area contributed by atoms with Gasteiger partial charge in [-0.1, -0.05) is 30.3 Å². The van der Waals surface area contributed by atoms with Crippen LogP contribution in [0.1, 0.15) is 17.4 Å². The van der Waals surface area contributed by atoms with E-state index in [-0.39, 0.29) is 6.10 Å². The maximum atomic E-state index is 5.59. The molecule has 5 nitrogen and oxygen atoms in total.